The first kappa shape index (κ1) is 14.8. The molecule has 2 aromatic rings. The van der Waals surface area contributed by atoms with Gasteiger partial charge in [0, 0.05) is 5.69 Å². The zero-order valence-electron chi connectivity index (χ0n) is 10.9. The molecule has 0 spiro atoms. The molecular weight excluding hydrogens is 295 g/mol. The van der Waals surface area contributed by atoms with E-state index in [9.17, 15) is 4.39 Å². The summed E-state index contributed by atoms with van der Waals surface area (Å²) in [4.78, 5) is 0. The van der Waals surface area contributed by atoms with Gasteiger partial charge < -0.3 is 10.6 Å². The van der Waals surface area contributed by atoms with Gasteiger partial charge in [-0.25, -0.2) is 4.39 Å². The predicted molar refractivity (Wildman–Crippen MR) is 87.1 cm³/mol. The van der Waals surface area contributed by atoms with E-state index in [0.29, 0.717) is 5.11 Å². The minimum atomic E-state index is -0.512. The smallest absolute Gasteiger partial charge is 0.175 e. The summed E-state index contributed by atoms with van der Waals surface area (Å²) in [5.74, 6) is -0.512. The molecule has 0 aliphatic rings. The lowest BCUT2D eigenvalue weighted by Crippen LogP contribution is -2.20. The number of nitrogens with one attached hydrogen (secondary N) is 2. The Kier molecular flexibility index (Phi) is 4.93. The van der Waals surface area contributed by atoms with Gasteiger partial charge in [0.25, 0.3) is 0 Å². The summed E-state index contributed by atoms with van der Waals surface area (Å²) >= 11 is 10.9. The van der Waals surface area contributed by atoms with E-state index in [-0.39, 0.29) is 10.7 Å². The van der Waals surface area contributed by atoms with Crippen LogP contribution in [0, 0.1) is 5.82 Å². The Hall–Kier alpha value is -1.65. The minimum Gasteiger partial charge on any atom is -0.332 e. The van der Waals surface area contributed by atoms with Crippen LogP contribution in [0.15, 0.2) is 42.5 Å². The highest BCUT2D eigenvalue weighted by Gasteiger charge is 2.08. The van der Waals surface area contributed by atoms with Gasteiger partial charge in [-0.3, -0.25) is 0 Å². The molecule has 104 valence electrons. The average Bonchev–Trinajstić information content (AvgIpc) is 2.44. The van der Waals surface area contributed by atoms with E-state index in [1.54, 1.807) is 12.1 Å². The van der Waals surface area contributed by atoms with E-state index in [1.165, 1.54) is 6.07 Å². The molecule has 2 rings (SSSR count). The first-order chi connectivity index (χ1) is 9.61. The first-order valence-electron chi connectivity index (χ1n) is 6.21. The molecule has 0 saturated carbocycles. The molecule has 0 saturated heterocycles. The summed E-state index contributed by atoms with van der Waals surface area (Å²) in [6.07, 6.45) is 0.886. The summed E-state index contributed by atoms with van der Waals surface area (Å²) in [5.41, 5.74) is 2.31. The lowest BCUT2D eigenvalue weighted by Gasteiger charge is -2.14. The number of anilines is 2. The maximum atomic E-state index is 13.8. The molecule has 0 fully saturated rings. The van der Waals surface area contributed by atoms with Gasteiger partial charge in [0.1, 0.15) is 0 Å². The van der Waals surface area contributed by atoms with Crippen LogP contribution < -0.4 is 10.6 Å². The van der Waals surface area contributed by atoms with E-state index in [2.05, 4.69) is 17.6 Å². The highest BCUT2D eigenvalue weighted by atomic mass is 35.5. The van der Waals surface area contributed by atoms with Crippen LogP contribution in [0.5, 0.6) is 0 Å². The number of halogens is 2. The van der Waals surface area contributed by atoms with Crippen molar-refractivity contribution in [2.75, 3.05) is 10.6 Å². The zero-order chi connectivity index (χ0) is 14.5. The van der Waals surface area contributed by atoms with Crippen molar-refractivity contribution in [1.82, 2.24) is 0 Å². The monoisotopic (exact) mass is 308 g/mol. The third-order valence-corrected chi connectivity index (χ3v) is 3.34. The van der Waals surface area contributed by atoms with Crippen LogP contribution in [0.4, 0.5) is 15.8 Å². The van der Waals surface area contributed by atoms with E-state index in [4.69, 9.17) is 23.8 Å². The number of benzene rings is 2. The van der Waals surface area contributed by atoms with Gasteiger partial charge >= 0.3 is 0 Å². The zero-order valence-corrected chi connectivity index (χ0v) is 12.5. The van der Waals surface area contributed by atoms with Crippen molar-refractivity contribution < 1.29 is 4.39 Å². The molecule has 2 N–H and O–H groups in total. The summed E-state index contributed by atoms with van der Waals surface area (Å²) in [5, 5.41) is 6.27. The fraction of sp³-hybridized carbons (Fsp3) is 0.133. The van der Waals surface area contributed by atoms with Gasteiger partial charge in [-0.2, -0.15) is 0 Å². The Morgan fingerprint density at radius 2 is 1.75 bits per heavy atom. The molecule has 20 heavy (non-hydrogen) atoms. The molecule has 2 nitrogen and oxygen atoms in total. The van der Waals surface area contributed by atoms with Crippen LogP contribution in [-0.2, 0) is 6.42 Å². The Morgan fingerprint density at radius 3 is 2.50 bits per heavy atom. The lowest BCUT2D eigenvalue weighted by molar-refractivity contribution is 0.632. The average molecular weight is 309 g/mol. The lowest BCUT2D eigenvalue weighted by atomic mass is 10.1. The molecule has 0 bridgehead atoms. The molecule has 0 aliphatic carbocycles. The third kappa shape index (κ3) is 3.46. The Bertz CT molecular complexity index is 631. The maximum Gasteiger partial charge on any atom is 0.175 e. The molecule has 0 heterocycles. The standard InChI is InChI=1S/C15H14ClFN2S/c1-2-10-6-3-4-8-12(10)18-15(20)19-13-9-5-7-11(16)14(13)17/h3-9H,2H2,1H3,(H2,18,19,20). The van der Waals surface area contributed by atoms with Gasteiger partial charge in [0.15, 0.2) is 10.9 Å². The Morgan fingerprint density at radius 1 is 1.10 bits per heavy atom. The predicted octanol–water partition coefficient (Wildman–Crippen LogP) is 4.85. The van der Waals surface area contributed by atoms with Crippen LogP contribution in [0.2, 0.25) is 5.02 Å². The maximum absolute atomic E-state index is 13.8. The highest BCUT2D eigenvalue weighted by molar-refractivity contribution is 7.80. The summed E-state index contributed by atoms with van der Waals surface area (Å²) in [6, 6.07) is 12.6. The van der Waals surface area contributed by atoms with E-state index in [0.717, 1.165) is 17.7 Å². The van der Waals surface area contributed by atoms with Crippen LogP contribution in [0.25, 0.3) is 0 Å². The van der Waals surface area contributed by atoms with Gasteiger partial charge in [0.2, 0.25) is 0 Å². The number of para-hydroxylation sites is 1. The third-order valence-electron chi connectivity index (χ3n) is 2.85. The normalized spacial score (nSPS) is 10.2. The molecule has 5 heteroatoms. The van der Waals surface area contributed by atoms with Gasteiger partial charge in [-0.05, 0) is 42.4 Å². The summed E-state index contributed by atoms with van der Waals surface area (Å²) in [7, 11) is 0. The molecule has 0 atom stereocenters. The Labute approximate surface area is 128 Å². The quantitative estimate of drug-likeness (QED) is 0.793. The topological polar surface area (TPSA) is 24.1 Å². The van der Waals surface area contributed by atoms with Crippen molar-refractivity contribution in [1.29, 1.82) is 0 Å². The molecule has 2 aromatic carbocycles. The number of hydrogen-bond donors (Lipinski definition) is 2. The number of aryl methyl sites for hydroxylation is 1. The van der Waals surface area contributed by atoms with Crippen LogP contribution in [-0.4, -0.2) is 5.11 Å². The van der Waals surface area contributed by atoms with Gasteiger partial charge in [-0.15, -0.1) is 0 Å². The summed E-state index contributed by atoms with van der Waals surface area (Å²) < 4.78 is 13.8. The minimum absolute atomic E-state index is 0.0618. The van der Waals surface area contributed by atoms with Crippen molar-refractivity contribution in [2.24, 2.45) is 0 Å². The number of hydrogen-bond acceptors (Lipinski definition) is 1. The van der Waals surface area contributed by atoms with Crippen molar-refractivity contribution >= 4 is 40.3 Å². The second-order valence-corrected chi connectivity index (χ2v) is 5.01. The summed E-state index contributed by atoms with van der Waals surface area (Å²) in [6.45, 7) is 2.06. The second kappa shape index (κ2) is 6.68. The van der Waals surface area contributed by atoms with Crippen molar-refractivity contribution in [3.63, 3.8) is 0 Å². The molecule has 0 unspecified atom stereocenters. The SMILES string of the molecule is CCc1ccccc1NC(=S)Nc1cccc(Cl)c1F. The fourth-order valence-corrected chi connectivity index (χ4v) is 2.22. The van der Waals surface area contributed by atoms with Crippen molar-refractivity contribution in [3.05, 3.63) is 58.9 Å². The molecule has 0 amide bonds. The van der Waals surface area contributed by atoms with E-state index >= 15 is 0 Å². The largest absolute Gasteiger partial charge is 0.332 e. The molecule has 0 radical (unpaired) electrons. The highest BCUT2D eigenvalue weighted by Crippen LogP contribution is 2.22. The van der Waals surface area contributed by atoms with Crippen LogP contribution >= 0.6 is 23.8 Å². The second-order valence-electron chi connectivity index (χ2n) is 4.19. The van der Waals surface area contributed by atoms with Crippen molar-refractivity contribution in [2.45, 2.75) is 13.3 Å². The molecule has 0 aromatic heterocycles. The number of rotatable bonds is 3. The number of thiocarbonyl (C=S) groups is 1. The Balaban J connectivity index is 2.11. The van der Waals surface area contributed by atoms with Crippen molar-refractivity contribution in [3.8, 4) is 0 Å². The first-order valence-corrected chi connectivity index (χ1v) is 7.00. The van der Waals surface area contributed by atoms with Crippen LogP contribution in [0.3, 0.4) is 0 Å². The van der Waals surface area contributed by atoms with Crippen LogP contribution in [0.1, 0.15) is 12.5 Å². The fourth-order valence-electron chi connectivity index (χ4n) is 1.83. The van der Waals surface area contributed by atoms with Gasteiger partial charge in [-0.1, -0.05) is 42.8 Å². The van der Waals surface area contributed by atoms with Gasteiger partial charge in [0.05, 0.1) is 10.7 Å². The molecular formula is C15H14ClFN2S. The van der Waals surface area contributed by atoms with E-state index < -0.39 is 5.82 Å². The molecule has 0 aliphatic heterocycles. The van der Waals surface area contributed by atoms with E-state index in [1.807, 2.05) is 24.3 Å².